The molecule has 0 bridgehead atoms. The van der Waals surface area contributed by atoms with Crippen LogP contribution in [-0.4, -0.2) is 54.0 Å². The highest BCUT2D eigenvalue weighted by Gasteiger charge is 2.29. The summed E-state index contributed by atoms with van der Waals surface area (Å²) in [7, 11) is 1.43. The smallest absolute Gasteiger partial charge is 0.226 e. The van der Waals surface area contributed by atoms with Crippen LogP contribution in [0.4, 0.5) is 4.39 Å². The molecule has 0 aliphatic carbocycles. The van der Waals surface area contributed by atoms with Gasteiger partial charge >= 0.3 is 0 Å². The van der Waals surface area contributed by atoms with Gasteiger partial charge in [-0.1, -0.05) is 0 Å². The number of hydrogen-bond donors (Lipinski definition) is 0. The lowest BCUT2D eigenvalue weighted by Gasteiger charge is -2.34. The topological polar surface area (TPSA) is 58.8 Å². The van der Waals surface area contributed by atoms with E-state index in [-0.39, 0.29) is 17.6 Å². The van der Waals surface area contributed by atoms with Crippen LogP contribution in [0.1, 0.15) is 38.1 Å². The van der Waals surface area contributed by atoms with Crippen molar-refractivity contribution in [1.29, 1.82) is 0 Å². The van der Waals surface area contributed by atoms with Gasteiger partial charge in [0.15, 0.2) is 11.6 Å². The summed E-state index contributed by atoms with van der Waals surface area (Å²) < 4.78 is 24.6. The minimum Gasteiger partial charge on any atom is -0.494 e. The second-order valence-electron chi connectivity index (χ2n) is 7.46. The molecule has 1 fully saturated rings. The van der Waals surface area contributed by atoms with E-state index in [2.05, 4.69) is 9.88 Å². The van der Waals surface area contributed by atoms with E-state index in [1.165, 1.54) is 13.2 Å². The largest absolute Gasteiger partial charge is 0.494 e. The number of hydrogen-bond acceptors (Lipinski definition) is 5. The van der Waals surface area contributed by atoms with E-state index < -0.39 is 5.82 Å². The summed E-state index contributed by atoms with van der Waals surface area (Å²) in [6, 6.07) is 4.57. The highest BCUT2D eigenvalue weighted by Crippen LogP contribution is 2.28. The number of amides is 1. The molecule has 1 aromatic heterocycles. The van der Waals surface area contributed by atoms with Gasteiger partial charge in [-0.2, -0.15) is 0 Å². The number of piperidine rings is 1. The third-order valence-electron chi connectivity index (χ3n) is 5.59. The van der Waals surface area contributed by atoms with Crippen LogP contribution >= 0.6 is 0 Å². The fourth-order valence-corrected chi connectivity index (χ4v) is 3.90. The van der Waals surface area contributed by atoms with E-state index in [1.54, 1.807) is 12.1 Å². The van der Waals surface area contributed by atoms with Gasteiger partial charge in [0.2, 0.25) is 11.8 Å². The van der Waals surface area contributed by atoms with Crippen molar-refractivity contribution in [2.45, 2.75) is 40.2 Å². The van der Waals surface area contributed by atoms with Crippen molar-refractivity contribution < 1.29 is 18.3 Å². The summed E-state index contributed by atoms with van der Waals surface area (Å²) in [4.78, 5) is 21.5. The molecule has 1 atom stereocenters. The summed E-state index contributed by atoms with van der Waals surface area (Å²) in [6.07, 6.45) is 1.93. The number of oxazole rings is 1. The lowest BCUT2D eigenvalue weighted by Crippen LogP contribution is -2.44. The first-order valence-corrected chi connectivity index (χ1v) is 10.3. The van der Waals surface area contributed by atoms with Crippen LogP contribution in [0.5, 0.6) is 5.75 Å². The van der Waals surface area contributed by atoms with E-state index in [0.29, 0.717) is 18.0 Å². The molecule has 158 valence electrons. The normalized spacial score (nSPS) is 17.3. The van der Waals surface area contributed by atoms with Crippen molar-refractivity contribution in [3.63, 3.8) is 0 Å². The zero-order valence-electron chi connectivity index (χ0n) is 17.7. The number of rotatable bonds is 7. The molecule has 0 unspecified atom stereocenters. The summed E-state index contributed by atoms with van der Waals surface area (Å²) in [5.41, 5.74) is 1.52. The first-order chi connectivity index (χ1) is 14.0. The Bertz CT molecular complexity index is 848. The first-order valence-electron chi connectivity index (χ1n) is 10.3. The standard InChI is InChI=1S/C22H30FN3O3/c1-5-26(6-2)22(27)17-8-7-11-25(13-17)14-19-15(3)29-21(24-19)16-9-10-18(23)20(12-16)28-4/h9-10,12,17H,5-8,11,13-14H2,1-4H3/t17-/m1/s1. The second kappa shape index (κ2) is 9.39. The Balaban J connectivity index is 1.71. The predicted molar refractivity (Wildman–Crippen MR) is 109 cm³/mol. The van der Waals surface area contributed by atoms with Gasteiger partial charge in [-0.05, 0) is 58.4 Å². The van der Waals surface area contributed by atoms with Crippen LogP contribution in [0.3, 0.4) is 0 Å². The Morgan fingerprint density at radius 1 is 1.38 bits per heavy atom. The van der Waals surface area contributed by atoms with Gasteiger partial charge in [0.05, 0.1) is 18.7 Å². The molecule has 1 aromatic carbocycles. The number of halogens is 1. The van der Waals surface area contributed by atoms with Crippen LogP contribution in [0.2, 0.25) is 0 Å². The maximum atomic E-state index is 13.7. The van der Waals surface area contributed by atoms with Crippen molar-refractivity contribution >= 4 is 5.91 Å². The fourth-order valence-electron chi connectivity index (χ4n) is 3.90. The Kier molecular flexibility index (Phi) is 6.90. The molecule has 1 aliphatic heterocycles. The molecule has 6 nitrogen and oxygen atoms in total. The number of methoxy groups -OCH3 is 1. The number of nitrogens with zero attached hydrogens (tertiary/aromatic N) is 3. The molecule has 1 amide bonds. The summed E-state index contributed by atoms with van der Waals surface area (Å²) in [5, 5.41) is 0. The molecule has 0 saturated carbocycles. The van der Waals surface area contributed by atoms with Gasteiger partial charge in [-0.25, -0.2) is 9.37 Å². The van der Waals surface area contributed by atoms with Gasteiger partial charge < -0.3 is 14.1 Å². The summed E-state index contributed by atoms with van der Waals surface area (Å²) in [5.74, 6) is 1.21. The van der Waals surface area contributed by atoms with Gasteiger partial charge in [0, 0.05) is 31.7 Å². The van der Waals surface area contributed by atoms with Crippen molar-refractivity contribution in [3.05, 3.63) is 35.5 Å². The zero-order valence-corrected chi connectivity index (χ0v) is 17.7. The van der Waals surface area contributed by atoms with Gasteiger partial charge in [-0.15, -0.1) is 0 Å². The van der Waals surface area contributed by atoms with Crippen LogP contribution in [-0.2, 0) is 11.3 Å². The van der Waals surface area contributed by atoms with Crippen molar-refractivity contribution in [3.8, 4) is 17.2 Å². The van der Waals surface area contributed by atoms with Crippen molar-refractivity contribution in [2.75, 3.05) is 33.3 Å². The zero-order chi connectivity index (χ0) is 21.0. The van der Waals surface area contributed by atoms with E-state index in [1.807, 2.05) is 25.7 Å². The van der Waals surface area contributed by atoms with E-state index >= 15 is 0 Å². The second-order valence-corrected chi connectivity index (χ2v) is 7.46. The number of carbonyl (C=O) groups is 1. The van der Waals surface area contributed by atoms with Crippen LogP contribution in [0, 0.1) is 18.7 Å². The van der Waals surface area contributed by atoms with Crippen LogP contribution in [0.25, 0.3) is 11.5 Å². The molecule has 0 radical (unpaired) electrons. The predicted octanol–water partition coefficient (Wildman–Crippen LogP) is 3.88. The molecular formula is C22H30FN3O3. The lowest BCUT2D eigenvalue weighted by molar-refractivity contribution is -0.137. The molecule has 29 heavy (non-hydrogen) atoms. The maximum Gasteiger partial charge on any atom is 0.226 e. The molecule has 0 N–H and O–H groups in total. The number of benzene rings is 1. The minimum atomic E-state index is -0.419. The number of ether oxygens (including phenoxy) is 1. The molecule has 1 aliphatic rings. The fraction of sp³-hybridized carbons (Fsp3) is 0.545. The third-order valence-corrected chi connectivity index (χ3v) is 5.59. The van der Waals surface area contributed by atoms with Crippen LogP contribution < -0.4 is 4.74 Å². The Labute approximate surface area is 171 Å². The molecule has 3 rings (SSSR count). The van der Waals surface area contributed by atoms with Crippen LogP contribution in [0.15, 0.2) is 22.6 Å². The minimum absolute atomic E-state index is 0.0386. The summed E-state index contributed by atoms with van der Waals surface area (Å²) in [6.45, 7) is 9.73. The van der Waals surface area contributed by atoms with Gasteiger partial charge in [-0.3, -0.25) is 9.69 Å². The summed E-state index contributed by atoms with van der Waals surface area (Å²) >= 11 is 0. The lowest BCUT2D eigenvalue weighted by atomic mass is 9.96. The molecule has 2 heterocycles. The Morgan fingerprint density at radius 3 is 2.83 bits per heavy atom. The molecule has 2 aromatic rings. The maximum absolute atomic E-state index is 13.7. The van der Waals surface area contributed by atoms with Crippen molar-refractivity contribution in [1.82, 2.24) is 14.8 Å². The quantitative estimate of drug-likeness (QED) is 0.702. The average molecular weight is 403 g/mol. The number of likely N-dealkylation sites (tertiary alicyclic amines) is 1. The van der Waals surface area contributed by atoms with E-state index in [9.17, 15) is 9.18 Å². The van der Waals surface area contributed by atoms with E-state index in [4.69, 9.17) is 9.15 Å². The SMILES string of the molecule is CCN(CC)C(=O)[C@@H]1CCCN(Cc2nc(-c3ccc(F)c(OC)c3)oc2C)C1. The number of aromatic nitrogens is 1. The molecular weight excluding hydrogens is 373 g/mol. The van der Waals surface area contributed by atoms with E-state index in [0.717, 1.165) is 50.5 Å². The number of carbonyl (C=O) groups excluding carboxylic acids is 1. The molecule has 7 heteroatoms. The highest BCUT2D eigenvalue weighted by molar-refractivity contribution is 5.79. The average Bonchev–Trinajstić information content (AvgIpc) is 3.09. The Morgan fingerprint density at radius 2 is 2.14 bits per heavy atom. The highest BCUT2D eigenvalue weighted by atomic mass is 19.1. The van der Waals surface area contributed by atoms with Gasteiger partial charge in [0.25, 0.3) is 0 Å². The van der Waals surface area contributed by atoms with Crippen molar-refractivity contribution in [2.24, 2.45) is 5.92 Å². The number of aryl methyl sites for hydroxylation is 1. The molecule has 1 saturated heterocycles. The molecule has 0 spiro atoms. The first kappa shape index (κ1) is 21.3. The monoisotopic (exact) mass is 403 g/mol. The Hall–Kier alpha value is -2.41. The third kappa shape index (κ3) is 4.78. The van der Waals surface area contributed by atoms with Gasteiger partial charge in [0.1, 0.15) is 5.76 Å².